The van der Waals surface area contributed by atoms with Gasteiger partial charge in [-0.15, -0.1) is 0 Å². The lowest BCUT2D eigenvalue weighted by atomic mass is 9.67. The van der Waals surface area contributed by atoms with Gasteiger partial charge < -0.3 is 5.32 Å². The number of benzene rings is 1. The molecule has 2 fully saturated rings. The largest absolute Gasteiger partial charge is 0.311 e. The van der Waals surface area contributed by atoms with Gasteiger partial charge in [0.05, 0.1) is 12.7 Å². The Bertz CT molecular complexity index is 844. The summed E-state index contributed by atoms with van der Waals surface area (Å²) in [6, 6.07) is 7.11. The van der Waals surface area contributed by atoms with Crippen LogP contribution in [0.25, 0.3) is 0 Å². The monoisotopic (exact) mass is 405 g/mol. The van der Waals surface area contributed by atoms with Crippen molar-refractivity contribution in [3.8, 4) is 0 Å². The van der Waals surface area contributed by atoms with Crippen LogP contribution in [0.4, 0.5) is 5.82 Å². The predicted molar refractivity (Wildman–Crippen MR) is 105 cm³/mol. The summed E-state index contributed by atoms with van der Waals surface area (Å²) in [6.07, 6.45) is 5.89. The summed E-state index contributed by atoms with van der Waals surface area (Å²) >= 11 is 12.5. The Labute approximate surface area is 168 Å². The average molecular weight is 406 g/mol. The van der Waals surface area contributed by atoms with Crippen LogP contribution in [0.5, 0.6) is 0 Å². The first kappa shape index (κ1) is 18.5. The first-order valence-electron chi connectivity index (χ1n) is 9.32. The van der Waals surface area contributed by atoms with Crippen molar-refractivity contribution in [2.75, 3.05) is 5.32 Å². The Kier molecular flexibility index (Phi) is 5.24. The van der Waals surface area contributed by atoms with E-state index in [1.54, 1.807) is 35.1 Å². The van der Waals surface area contributed by atoms with E-state index in [4.69, 9.17) is 23.2 Å². The molecule has 5 nitrogen and oxygen atoms in total. The first-order valence-corrected chi connectivity index (χ1v) is 10.1. The predicted octanol–water partition coefficient (Wildman–Crippen LogP) is 4.57. The SMILES string of the molecule is O=C(Nc1ccnn1Cc1c(Cl)cccc1Cl)C1CC2CCCC(C1)C2=O. The molecule has 2 unspecified atom stereocenters. The number of nitrogens with one attached hydrogen (secondary N) is 1. The zero-order chi connectivity index (χ0) is 19.0. The van der Waals surface area contributed by atoms with Crippen molar-refractivity contribution in [1.82, 2.24) is 9.78 Å². The number of aromatic nitrogens is 2. The summed E-state index contributed by atoms with van der Waals surface area (Å²) in [5.74, 6) is 0.929. The molecule has 4 rings (SSSR count). The molecule has 0 radical (unpaired) electrons. The highest BCUT2D eigenvalue weighted by molar-refractivity contribution is 6.36. The third-order valence-corrected chi connectivity index (χ3v) is 6.46. The van der Waals surface area contributed by atoms with Crippen molar-refractivity contribution < 1.29 is 9.59 Å². The smallest absolute Gasteiger partial charge is 0.228 e. The molecule has 1 aromatic carbocycles. The maximum atomic E-state index is 12.8. The van der Waals surface area contributed by atoms with E-state index in [-0.39, 0.29) is 23.7 Å². The molecule has 7 heteroatoms. The second-order valence-corrected chi connectivity index (χ2v) is 8.27. The number of Topliss-reactive ketones (excluding diaryl/α,β-unsaturated/α-hetero) is 1. The van der Waals surface area contributed by atoms with E-state index >= 15 is 0 Å². The number of amides is 1. The lowest BCUT2D eigenvalue weighted by molar-refractivity contribution is -0.136. The second-order valence-electron chi connectivity index (χ2n) is 7.46. The number of fused-ring (bicyclic) bond motifs is 2. The van der Waals surface area contributed by atoms with Crippen LogP contribution in [0.3, 0.4) is 0 Å². The number of anilines is 1. The summed E-state index contributed by atoms with van der Waals surface area (Å²) in [7, 11) is 0. The molecule has 142 valence electrons. The molecule has 1 amide bonds. The van der Waals surface area contributed by atoms with Crippen LogP contribution in [0.2, 0.25) is 10.0 Å². The zero-order valence-electron chi connectivity index (χ0n) is 14.8. The van der Waals surface area contributed by atoms with Crippen LogP contribution < -0.4 is 5.32 Å². The Morgan fingerprint density at radius 2 is 1.81 bits per heavy atom. The van der Waals surface area contributed by atoms with E-state index < -0.39 is 0 Å². The van der Waals surface area contributed by atoms with Crippen LogP contribution in [-0.2, 0) is 16.1 Å². The Balaban J connectivity index is 1.47. The summed E-state index contributed by atoms with van der Waals surface area (Å²) in [6.45, 7) is 0.371. The van der Waals surface area contributed by atoms with Gasteiger partial charge in [0, 0.05) is 39.4 Å². The van der Waals surface area contributed by atoms with Crippen LogP contribution in [-0.4, -0.2) is 21.5 Å². The minimum absolute atomic E-state index is 0.0357. The van der Waals surface area contributed by atoms with Gasteiger partial charge in [0.2, 0.25) is 5.91 Å². The van der Waals surface area contributed by atoms with Gasteiger partial charge in [0.25, 0.3) is 0 Å². The van der Waals surface area contributed by atoms with E-state index in [9.17, 15) is 9.59 Å². The topological polar surface area (TPSA) is 64.0 Å². The standard InChI is InChI=1S/C20H21Cl2N3O2/c21-16-5-2-6-17(22)15(16)11-25-18(7-8-23-25)24-20(27)14-9-12-3-1-4-13(10-14)19(12)26/h2,5-8,12-14H,1,3-4,9-11H2,(H,24,27). The van der Waals surface area contributed by atoms with Crippen molar-refractivity contribution in [2.45, 2.75) is 38.6 Å². The van der Waals surface area contributed by atoms with Crippen molar-refractivity contribution >= 4 is 40.7 Å². The maximum absolute atomic E-state index is 12.8. The number of halogens is 2. The summed E-state index contributed by atoms with van der Waals surface area (Å²) < 4.78 is 1.68. The molecule has 1 N–H and O–H groups in total. The molecule has 2 saturated carbocycles. The number of nitrogens with zero attached hydrogens (tertiary/aromatic N) is 2. The lowest BCUT2D eigenvalue weighted by Crippen LogP contribution is -2.40. The van der Waals surface area contributed by atoms with Gasteiger partial charge in [-0.1, -0.05) is 35.7 Å². The molecule has 2 aliphatic rings. The quantitative estimate of drug-likeness (QED) is 0.809. The highest BCUT2D eigenvalue weighted by atomic mass is 35.5. The van der Waals surface area contributed by atoms with Crippen molar-refractivity contribution in [2.24, 2.45) is 17.8 Å². The van der Waals surface area contributed by atoms with E-state index in [1.165, 1.54) is 0 Å². The molecule has 1 aromatic heterocycles. The number of ketones is 1. The summed E-state index contributed by atoms with van der Waals surface area (Å²) in [5, 5.41) is 8.41. The number of rotatable bonds is 4. The van der Waals surface area contributed by atoms with Crippen LogP contribution in [0, 0.1) is 17.8 Å². The van der Waals surface area contributed by atoms with Crippen molar-refractivity contribution in [1.29, 1.82) is 0 Å². The first-order chi connectivity index (χ1) is 13.0. The van der Waals surface area contributed by atoms with Gasteiger partial charge in [0.1, 0.15) is 11.6 Å². The Hall–Kier alpha value is -1.85. The van der Waals surface area contributed by atoms with Crippen LogP contribution in [0.1, 0.15) is 37.7 Å². The molecule has 2 bridgehead atoms. The molecular weight excluding hydrogens is 385 g/mol. The highest BCUT2D eigenvalue weighted by Crippen LogP contribution is 2.40. The molecule has 0 spiro atoms. The molecule has 2 atom stereocenters. The molecule has 0 aliphatic heterocycles. The minimum atomic E-state index is -0.120. The van der Waals surface area contributed by atoms with E-state index in [0.29, 0.717) is 41.0 Å². The lowest BCUT2D eigenvalue weighted by Gasteiger charge is -2.36. The third kappa shape index (κ3) is 3.76. The molecule has 1 heterocycles. The van der Waals surface area contributed by atoms with Gasteiger partial charge in [0.15, 0.2) is 0 Å². The molecule has 0 saturated heterocycles. The average Bonchev–Trinajstić information content (AvgIpc) is 3.05. The maximum Gasteiger partial charge on any atom is 0.228 e. The Morgan fingerprint density at radius 3 is 2.48 bits per heavy atom. The molecule has 27 heavy (non-hydrogen) atoms. The van der Waals surface area contributed by atoms with Gasteiger partial charge in [-0.05, 0) is 37.8 Å². The minimum Gasteiger partial charge on any atom is -0.311 e. The van der Waals surface area contributed by atoms with Gasteiger partial charge in [-0.3, -0.25) is 9.59 Å². The highest BCUT2D eigenvalue weighted by Gasteiger charge is 2.41. The number of hydrogen-bond acceptors (Lipinski definition) is 3. The van der Waals surface area contributed by atoms with Crippen molar-refractivity contribution in [3.05, 3.63) is 46.1 Å². The van der Waals surface area contributed by atoms with E-state index in [0.717, 1.165) is 24.8 Å². The fourth-order valence-electron chi connectivity index (χ4n) is 4.32. The van der Waals surface area contributed by atoms with Gasteiger partial charge in [-0.2, -0.15) is 5.10 Å². The van der Waals surface area contributed by atoms with Crippen LogP contribution >= 0.6 is 23.2 Å². The molecular formula is C20H21Cl2N3O2. The molecule has 2 aliphatic carbocycles. The van der Waals surface area contributed by atoms with E-state index in [2.05, 4.69) is 10.4 Å². The Morgan fingerprint density at radius 1 is 1.15 bits per heavy atom. The van der Waals surface area contributed by atoms with Crippen molar-refractivity contribution in [3.63, 3.8) is 0 Å². The molecule has 2 aromatic rings. The fourth-order valence-corrected chi connectivity index (χ4v) is 4.84. The number of carbonyl (C=O) groups excluding carboxylic acids is 2. The van der Waals surface area contributed by atoms with Gasteiger partial charge >= 0.3 is 0 Å². The van der Waals surface area contributed by atoms with Crippen LogP contribution in [0.15, 0.2) is 30.5 Å². The normalized spacial score (nSPS) is 24.7. The number of hydrogen-bond donors (Lipinski definition) is 1. The number of carbonyl (C=O) groups is 2. The second kappa shape index (κ2) is 7.64. The van der Waals surface area contributed by atoms with E-state index in [1.807, 2.05) is 0 Å². The fraction of sp³-hybridized carbons (Fsp3) is 0.450. The third-order valence-electron chi connectivity index (χ3n) is 5.76. The zero-order valence-corrected chi connectivity index (χ0v) is 16.3. The van der Waals surface area contributed by atoms with Gasteiger partial charge in [-0.25, -0.2) is 4.68 Å². The summed E-state index contributed by atoms with van der Waals surface area (Å²) in [4.78, 5) is 25.1. The summed E-state index contributed by atoms with van der Waals surface area (Å²) in [5.41, 5.74) is 0.762.